The maximum absolute atomic E-state index is 12.3. The van der Waals surface area contributed by atoms with E-state index < -0.39 is 5.41 Å². The zero-order chi connectivity index (χ0) is 19.3. The SMILES string of the molecule is Cc1ccc(NC(=O)COc2ccc(N(C)C(=O)C(C)(C)C)cc2)cc1. The van der Waals surface area contributed by atoms with Gasteiger partial charge in [0.05, 0.1) is 0 Å². The van der Waals surface area contributed by atoms with Gasteiger partial charge in [-0.15, -0.1) is 0 Å². The fraction of sp³-hybridized carbons (Fsp3) is 0.333. The molecular weight excluding hydrogens is 328 g/mol. The van der Waals surface area contributed by atoms with Crippen LogP contribution >= 0.6 is 0 Å². The summed E-state index contributed by atoms with van der Waals surface area (Å²) in [5, 5.41) is 2.78. The van der Waals surface area contributed by atoms with E-state index >= 15 is 0 Å². The molecule has 0 atom stereocenters. The molecule has 2 rings (SSSR count). The first-order valence-corrected chi connectivity index (χ1v) is 8.54. The Kier molecular flexibility index (Phi) is 6.03. The van der Waals surface area contributed by atoms with Gasteiger partial charge in [-0.25, -0.2) is 0 Å². The largest absolute Gasteiger partial charge is 0.484 e. The van der Waals surface area contributed by atoms with Crippen molar-refractivity contribution in [1.82, 2.24) is 0 Å². The molecule has 26 heavy (non-hydrogen) atoms. The minimum Gasteiger partial charge on any atom is -0.484 e. The number of rotatable bonds is 5. The van der Waals surface area contributed by atoms with Crippen LogP contribution in [-0.4, -0.2) is 25.5 Å². The van der Waals surface area contributed by atoms with Gasteiger partial charge in [0.25, 0.3) is 5.91 Å². The van der Waals surface area contributed by atoms with Crippen molar-refractivity contribution in [3.05, 3.63) is 54.1 Å². The first kappa shape index (κ1) is 19.5. The highest BCUT2D eigenvalue weighted by Gasteiger charge is 2.25. The van der Waals surface area contributed by atoms with Crippen LogP contribution in [0, 0.1) is 12.3 Å². The average molecular weight is 354 g/mol. The summed E-state index contributed by atoms with van der Waals surface area (Å²) in [7, 11) is 1.75. The van der Waals surface area contributed by atoms with Gasteiger partial charge in [-0.05, 0) is 43.3 Å². The number of benzene rings is 2. The van der Waals surface area contributed by atoms with E-state index in [1.807, 2.05) is 52.0 Å². The highest BCUT2D eigenvalue weighted by Crippen LogP contribution is 2.24. The molecule has 0 saturated heterocycles. The van der Waals surface area contributed by atoms with E-state index in [2.05, 4.69) is 5.32 Å². The number of carbonyl (C=O) groups excluding carboxylic acids is 2. The normalized spacial score (nSPS) is 11.0. The Hall–Kier alpha value is -2.82. The quantitative estimate of drug-likeness (QED) is 0.882. The molecule has 5 heteroatoms. The third-order valence-corrected chi connectivity index (χ3v) is 3.88. The zero-order valence-electron chi connectivity index (χ0n) is 16.0. The summed E-state index contributed by atoms with van der Waals surface area (Å²) in [4.78, 5) is 25.9. The Balaban J connectivity index is 1.89. The molecule has 0 aliphatic heterocycles. The zero-order valence-corrected chi connectivity index (χ0v) is 16.0. The van der Waals surface area contributed by atoms with Crippen molar-refractivity contribution in [3.8, 4) is 5.75 Å². The van der Waals surface area contributed by atoms with Gasteiger partial charge < -0.3 is 15.0 Å². The predicted molar refractivity (Wildman–Crippen MR) is 105 cm³/mol. The summed E-state index contributed by atoms with van der Waals surface area (Å²) in [5.41, 5.74) is 2.20. The standard InChI is InChI=1S/C21H26N2O3/c1-15-6-8-16(9-7-15)22-19(24)14-26-18-12-10-17(11-13-18)23(5)20(25)21(2,3)4/h6-13H,14H2,1-5H3,(H,22,24). The van der Waals surface area contributed by atoms with Crippen LogP contribution in [0.5, 0.6) is 5.75 Å². The fourth-order valence-electron chi connectivity index (χ4n) is 2.37. The molecule has 0 radical (unpaired) electrons. The Labute approximate surface area is 155 Å². The second kappa shape index (κ2) is 8.04. The van der Waals surface area contributed by atoms with Crippen molar-refractivity contribution in [2.24, 2.45) is 5.41 Å². The lowest BCUT2D eigenvalue weighted by Crippen LogP contribution is -2.36. The molecule has 0 aliphatic carbocycles. The minimum absolute atomic E-state index is 0.0312. The Bertz CT molecular complexity index is 759. The summed E-state index contributed by atoms with van der Waals surface area (Å²) >= 11 is 0. The second-order valence-corrected chi connectivity index (χ2v) is 7.31. The van der Waals surface area contributed by atoms with Crippen LogP contribution in [-0.2, 0) is 9.59 Å². The highest BCUT2D eigenvalue weighted by molar-refractivity contribution is 5.96. The third-order valence-electron chi connectivity index (χ3n) is 3.88. The van der Waals surface area contributed by atoms with Crippen LogP contribution < -0.4 is 15.0 Å². The van der Waals surface area contributed by atoms with Gasteiger partial charge in [0.1, 0.15) is 5.75 Å². The average Bonchev–Trinajstić information content (AvgIpc) is 2.60. The van der Waals surface area contributed by atoms with Crippen LogP contribution in [0.2, 0.25) is 0 Å². The van der Waals surface area contributed by atoms with Crippen molar-refractivity contribution >= 4 is 23.2 Å². The van der Waals surface area contributed by atoms with Gasteiger partial charge in [-0.2, -0.15) is 0 Å². The molecule has 0 heterocycles. The minimum atomic E-state index is -0.446. The maximum Gasteiger partial charge on any atom is 0.262 e. The summed E-state index contributed by atoms with van der Waals surface area (Å²) in [6, 6.07) is 14.7. The topological polar surface area (TPSA) is 58.6 Å². The number of amides is 2. The number of nitrogens with one attached hydrogen (secondary N) is 1. The van der Waals surface area contributed by atoms with Crippen molar-refractivity contribution in [2.75, 3.05) is 23.9 Å². The fourth-order valence-corrected chi connectivity index (χ4v) is 2.37. The lowest BCUT2D eigenvalue weighted by molar-refractivity contribution is -0.125. The number of carbonyl (C=O) groups is 2. The number of ether oxygens (including phenoxy) is 1. The van der Waals surface area contributed by atoms with Gasteiger partial charge >= 0.3 is 0 Å². The van der Waals surface area contributed by atoms with Crippen LogP contribution in [0.1, 0.15) is 26.3 Å². The van der Waals surface area contributed by atoms with E-state index in [1.165, 1.54) is 0 Å². The molecule has 138 valence electrons. The van der Waals surface area contributed by atoms with Crippen molar-refractivity contribution in [1.29, 1.82) is 0 Å². The van der Waals surface area contributed by atoms with E-state index in [9.17, 15) is 9.59 Å². The van der Waals surface area contributed by atoms with Crippen LogP contribution in [0.25, 0.3) is 0 Å². The number of hydrogen-bond donors (Lipinski definition) is 1. The van der Waals surface area contributed by atoms with E-state index in [1.54, 1.807) is 36.2 Å². The Morgan fingerprint density at radius 3 is 2.12 bits per heavy atom. The molecule has 5 nitrogen and oxygen atoms in total. The summed E-state index contributed by atoms with van der Waals surface area (Å²) < 4.78 is 5.51. The molecule has 0 saturated carbocycles. The first-order chi connectivity index (χ1) is 12.2. The monoisotopic (exact) mass is 354 g/mol. The Morgan fingerprint density at radius 2 is 1.58 bits per heavy atom. The number of anilines is 2. The molecule has 0 bridgehead atoms. The maximum atomic E-state index is 12.3. The van der Waals surface area contributed by atoms with Gasteiger partial charge in [-0.1, -0.05) is 38.5 Å². The lowest BCUT2D eigenvalue weighted by Gasteiger charge is -2.26. The van der Waals surface area contributed by atoms with Gasteiger partial charge in [-0.3, -0.25) is 9.59 Å². The molecule has 0 fully saturated rings. The van der Waals surface area contributed by atoms with Crippen LogP contribution in [0.3, 0.4) is 0 Å². The molecule has 0 spiro atoms. The van der Waals surface area contributed by atoms with E-state index in [0.717, 1.165) is 16.9 Å². The summed E-state index contributed by atoms with van der Waals surface area (Å²) in [6.07, 6.45) is 0. The lowest BCUT2D eigenvalue weighted by atomic mass is 9.95. The second-order valence-electron chi connectivity index (χ2n) is 7.31. The predicted octanol–water partition coefficient (Wildman–Crippen LogP) is 4.02. The third kappa shape index (κ3) is 5.34. The molecule has 0 unspecified atom stereocenters. The van der Waals surface area contributed by atoms with Crippen LogP contribution in [0.15, 0.2) is 48.5 Å². The molecule has 1 N–H and O–H groups in total. The van der Waals surface area contributed by atoms with Crippen molar-refractivity contribution in [2.45, 2.75) is 27.7 Å². The van der Waals surface area contributed by atoms with Crippen LogP contribution in [0.4, 0.5) is 11.4 Å². The molecule has 0 aromatic heterocycles. The van der Waals surface area contributed by atoms with Gasteiger partial charge in [0.2, 0.25) is 5.91 Å². The highest BCUT2D eigenvalue weighted by atomic mass is 16.5. The van der Waals surface area contributed by atoms with Crippen molar-refractivity contribution in [3.63, 3.8) is 0 Å². The number of nitrogens with zero attached hydrogens (tertiary/aromatic N) is 1. The smallest absolute Gasteiger partial charge is 0.262 e. The first-order valence-electron chi connectivity index (χ1n) is 8.54. The number of hydrogen-bond acceptors (Lipinski definition) is 3. The van der Waals surface area contributed by atoms with E-state index in [0.29, 0.717) is 5.75 Å². The molecule has 2 aromatic rings. The molecular formula is C21H26N2O3. The molecule has 2 amide bonds. The number of aryl methyl sites for hydroxylation is 1. The van der Waals surface area contributed by atoms with Crippen molar-refractivity contribution < 1.29 is 14.3 Å². The summed E-state index contributed by atoms with van der Waals surface area (Å²) in [6.45, 7) is 7.57. The summed E-state index contributed by atoms with van der Waals surface area (Å²) in [5.74, 6) is 0.381. The molecule has 2 aromatic carbocycles. The van der Waals surface area contributed by atoms with E-state index in [4.69, 9.17) is 4.74 Å². The molecule has 0 aliphatic rings. The van der Waals surface area contributed by atoms with Gasteiger partial charge in [0.15, 0.2) is 6.61 Å². The Morgan fingerprint density at radius 1 is 1.00 bits per heavy atom. The van der Waals surface area contributed by atoms with E-state index in [-0.39, 0.29) is 18.4 Å². The van der Waals surface area contributed by atoms with Gasteiger partial charge in [0, 0.05) is 23.8 Å².